The lowest BCUT2D eigenvalue weighted by Crippen LogP contribution is -2.55. The first-order chi connectivity index (χ1) is 22.3. The summed E-state index contributed by atoms with van der Waals surface area (Å²) in [6.45, 7) is 9.88. The van der Waals surface area contributed by atoms with Crippen molar-refractivity contribution in [2.24, 2.45) is 11.8 Å². The van der Waals surface area contributed by atoms with E-state index < -0.39 is 33.4 Å². The van der Waals surface area contributed by atoms with Gasteiger partial charge in [0.15, 0.2) is 0 Å². The molecule has 2 amide bonds. The maximum absolute atomic E-state index is 15.0. The molecule has 0 aliphatic carbocycles. The molecule has 0 saturated carbocycles. The third-order valence-corrected chi connectivity index (χ3v) is 11.8. The Bertz CT molecular complexity index is 1630. The third kappa shape index (κ3) is 5.33. The Kier molecular flexibility index (Phi) is 9.07. The van der Waals surface area contributed by atoms with Crippen LogP contribution >= 0.6 is 11.8 Å². The van der Waals surface area contributed by atoms with Gasteiger partial charge in [0, 0.05) is 11.3 Å². The van der Waals surface area contributed by atoms with Crippen LogP contribution in [0.4, 0.5) is 0 Å². The van der Waals surface area contributed by atoms with E-state index >= 15 is 0 Å². The van der Waals surface area contributed by atoms with E-state index in [4.69, 9.17) is 4.74 Å². The number of aliphatic hydroxyl groups excluding tert-OH is 1. The fraction of sp³-hybridized carbons (Fsp3) is 0.457. The summed E-state index contributed by atoms with van der Waals surface area (Å²) < 4.78 is 6.04. The summed E-state index contributed by atoms with van der Waals surface area (Å²) in [7, 11) is 0. The molecule has 1 aromatic heterocycles. The van der Waals surface area contributed by atoms with Crippen molar-refractivity contribution in [1.29, 1.82) is 0 Å². The zero-order valence-electron chi connectivity index (χ0n) is 26.2. The molecule has 11 heteroatoms. The van der Waals surface area contributed by atoms with Crippen molar-refractivity contribution >= 4 is 40.6 Å². The van der Waals surface area contributed by atoms with Crippen molar-refractivity contribution in [3.63, 3.8) is 0 Å². The Hall–Kier alpha value is -3.96. The van der Waals surface area contributed by atoms with Gasteiger partial charge in [0.2, 0.25) is 11.8 Å². The van der Waals surface area contributed by atoms with E-state index in [1.807, 2.05) is 67.6 Å². The van der Waals surface area contributed by atoms with Crippen molar-refractivity contribution in [3.05, 3.63) is 85.5 Å². The van der Waals surface area contributed by atoms with Gasteiger partial charge in [-0.3, -0.25) is 14.4 Å². The molecule has 2 bridgehead atoms. The number of amides is 2. The summed E-state index contributed by atoms with van der Waals surface area (Å²) in [5.41, 5.74) is 2.20. The quantitative estimate of drug-likeness (QED) is 0.155. The number of allylic oxidation sites excluding steroid dienone is 1. The first kappa shape index (κ1) is 32.0. The van der Waals surface area contributed by atoms with Crippen molar-refractivity contribution in [2.75, 3.05) is 19.8 Å². The molecule has 2 unspecified atom stereocenters. The average Bonchev–Trinajstić information content (AvgIpc) is 3.77. The Morgan fingerprint density at radius 3 is 2.63 bits per heavy atom. The molecule has 4 heterocycles. The second-order valence-electron chi connectivity index (χ2n) is 12.6. The van der Waals surface area contributed by atoms with Gasteiger partial charge in [0.1, 0.15) is 18.2 Å². The number of benzene rings is 2. The summed E-state index contributed by atoms with van der Waals surface area (Å²) in [4.78, 5) is 46.8. The monoisotopic (exact) mass is 643 g/mol. The summed E-state index contributed by atoms with van der Waals surface area (Å²) in [6, 6.07) is 15.1. The number of unbranched alkanes of at least 4 members (excludes halogenated alkanes) is 2. The van der Waals surface area contributed by atoms with E-state index in [1.165, 1.54) is 0 Å². The molecule has 3 aliphatic heterocycles. The number of rotatable bonds is 14. The molecular formula is C35H41N5O5S. The highest BCUT2D eigenvalue weighted by Gasteiger charge is 2.78. The number of likely N-dealkylation sites (tertiary alicyclic amines) is 1. The second kappa shape index (κ2) is 13.0. The van der Waals surface area contributed by atoms with Gasteiger partial charge in [-0.15, -0.1) is 30.0 Å². The molecule has 0 radical (unpaired) electrons. The highest BCUT2D eigenvalue weighted by molar-refractivity contribution is 8.02. The minimum atomic E-state index is -0.936. The van der Waals surface area contributed by atoms with E-state index in [9.17, 15) is 19.5 Å². The zero-order valence-corrected chi connectivity index (χ0v) is 27.0. The van der Waals surface area contributed by atoms with Crippen molar-refractivity contribution < 1.29 is 24.2 Å². The molecule has 10 nitrogen and oxygen atoms in total. The Labute approximate surface area is 273 Å². The summed E-state index contributed by atoms with van der Waals surface area (Å²) in [5.74, 6) is -2.43. The number of nitrogens with zero attached hydrogens (tertiary/aromatic N) is 5. The number of esters is 1. The molecule has 3 fully saturated rings. The Balaban J connectivity index is 1.39. The van der Waals surface area contributed by atoms with Crippen LogP contribution < -0.4 is 0 Å². The predicted molar refractivity (Wildman–Crippen MR) is 176 cm³/mol. The van der Waals surface area contributed by atoms with Crippen LogP contribution in [0.25, 0.3) is 11.0 Å². The van der Waals surface area contributed by atoms with Crippen molar-refractivity contribution in [2.45, 2.75) is 67.3 Å². The summed E-state index contributed by atoms with van der Waals surface area (Å²) >= 11 is 1.58. The van der Waals surface area contributed by atoms with E-state index in [-0.39, 0.29) is 44.2 Å². The summed E-state index contributed by atoms with van der Waals surface area (Å²) in [5, 5.41) is 19.4. The van der Waals surface area contributed by atoms with Crippen LogP contribution in [0.2, 0.25) is 0 Å². The van der Waals surface area contributed by atoms with Crippen LogP contribution in [0.5, 0.6) is 0 Å². The largest absolute Gasteiger partial charge is 0.465 e. The lowest BCUT2D eigenvalue weighted by atomic mass is 9.66. The van der Waals surface area contributed by atoms with Gasteiger partial charge >= 0.3 is 5.97 Å². The van der Waals surface area contributed by atoms with Gasteiger partial charge in [-0.1, -0.05) is 59.8 Å². The highest BCUT2D eigenvalue weighted by atomic mass is 32.2. The lowest BCUT2D eigenvalue weighted by molar-refractivity contribution is -0.156. The normalized spacial score (nSPS) is 27.0. The first-order valence-corrected chi connectivity index (χ1v) is 16.7. The number of aromatic nitrogens is 3. The van der Waals surface area contributed by atoms with Crippen LogP contribution in [0.1, 0.15) is 50.6 Å². The highest BCUT2D eigenvalue weighted by Crippen LogP contribution is 2.72. The fourth-order valence-corrected chi connectivity index (χ4v) is 10.1. The number of ether oxygens (including phenoxy) is 1. The molecule has 3 aliphatic rings. The summed E-state index contributed by atoms with van der Waals surface area (Å²) in [6.07, 6.45) is 7.15. The van der Waals surface area contributed by atoms with Gasteiger partial charge < -0.3 is 19.6 Å². The molecule has 1 spiro atoms. The number of carbonyl (C=O) groups excluding carboxylic acids is 3. The van der Waals surface area contributed by atoms with Crippen LogP contribution in [0.15, 0.2) is 79.9 Å². The zero-order chi connectivity index (χ0) is 32.5. The topological polar surface area (TPSA) is 118 Å². The first-order valence-electron chi connectivity index (χ1n) is 15.9. The van der Waals surface area contributed by atoms with E-state index in [0.717, 1.165) is 23.9 Å². The van der Waals surface area contributed by atoms with Gasteiger partial charge in [0.25, 0.3) is 0 Å². The molecule has 3 saturated heterocycles. The lowest BCUT2D eigenvalue weighted by Gasteiger charge is -2.39. The van der Waals surface area contributed by atoms with Crippen molar-refractivity contribution in [3.8, 4) is 0 Å². The number of aliphatic hydroxyl groups is 1. The maximum Gasteiger partial charge on any atom is 0.311 e. The van der Waals surface area contributed by atoms with E-state index in [2.05, 4.69) is 23.5 Å². The molecule has 6 rings (SSSR count). The predicted octanol–water partition coefficient (Wildman–Crippen LogP) is 4.52. The minimum Gasteiger partial charge on any atom is -0.465 e. The molecule has 3 aromatic rings. The van der Waals surface area contributed by atoms with Gasteiger partial charge in [-0.25, -0.2) is 4.68 Å². The molecule has 46 heavy (non-hydrogen) atoms. The Morgan fingerprint density at radius 2 is 1.89 bits per heavy atom. The standard InChI is InChI=1S/C35H41N5O5S/c1-4-6-7-13-21-45-33(44)29-28-31(42)40(27(22-41)24-14-9-8-10-15-24)30(35(28)19-18-34(29,3)46-35)32(43)38(20-5-2)23-39-26-17-12-11-16-25(26)36-37-39/h4-5,8-12,14-17,27-30,41H,1-2,6-7,13,18-23H2,3H3/t27-,28+,29-,30?,34+,35?/m1/s1. The molecule has 2 aromatic carbocycles. The average molecular weight is 644 g/mol. The second-order valence-corrected chi connectivity index (χ2v) is 14.5. The minimum absolute atomic E-state index is 0.0951. The maximum atomic E-state index is 15.0. The smallest absolute Gasteiger partial charge is 0.311 e. The molecule has 6 atom stereocenters. The number of thioether (sulfide) groups is 1. The molecular weight excluding hydrogens is 602 g/mol. The van der Waals surface area contributed by atoms with Gasteiger partial charge in [-0.05, 0) is 56.7 Å². The fourth-order valence-electron chi connectivity index (χ4n) is 7.75. The third-order valence-electron chi connectivity index (χ3n) is 9.83. The van der Waals surface area contributed by atoms with Crippen molar-refractivity contribution in [1.82, 2.24) is 24.8 Å². The number of hydrogen-bond donors (Lipinski definition) is 1. The van der Waals surface area contributed by atoms with Gasteiger partial charge in [0.05, 0.1) is 41.4 Å². The van der Waals surface area contributed by atoms with E-state index in [0.29, 0.717) is 24.8 Å². The van der Waals surface area contributed by atoms with Crippen LogP contribution in [0, 0.1) is 11.8 Å². The van der Waals surface area contributed by atoms with E-state index in [1.54, 1.807) is 32.3 Å². The number of carbonyl (C=O) groups is 3. The molecule has 1 N–H and O–H groups in total. The van der Waals surface area contributed by atoms with Crippen LogP contribution in [-0.4, -0.2) is 83.0 Å². The van der Waals surface area contributed by atoms with Crippen LogP contribution in [0.3, 0.4) is 0 Å². The Morgan fingerprint density at radius 1 is 1.13 bits per heavy atom. The number of fused-ring (bicyclic) bond motifs is 2. The number of para-hydroxylation sites is 1. The number of hydrogen-bond acceptors (Lipinski definition) is 8. The van der Waals surface area contributed by atoms with Gasteiger partial charge in [-0.2, -0.15) is 0 Å². The van der Waals surface area contributed by atoms with Crippen LogP contribution in [-0.2, 0) is 25.8 Å². The SMILES string of the molecule is C=CCCCCOC(=O)[C@H]1[C@H]2C(=O)N([C@H](CO)c3ccccc3)C(C(=O)N(CC=C)Cn3nnc4ccccc43)C23CC[C@]1(C)S3. The molecule has 242 valence electrons.